The van der Waals surface area contributed by atoms with E-state index in [2.05, 4.69) is 15.1 Å². The number of rotatable bonds is 2. The van der Waals surface area contributed by atoms with Crippen LogP contribution in [0.5, 0.6) is 0 Å². The summed E-state index contributed by atoms with van der Waals surface area (Å²) in [6.45, 7) is 0.991. The largest absolute Gasteiger partial charge is 0.433 e. The van der Waals surface area contributed by atoms with Crippen LogP contribution >= 0.6 is 0 Å². The Hall–Kier alpha value is -2.42. The van der Waals surface area contributed by atoms with Crippen LogP contribution < -0.4 is 5.56 Å². The van der Waals surface area contributed by atoms with Gasteiger partial charge in [0.15, 0.2) is 5.69 Å². The van der Waals surface area contributed by atoms with Gasteiger partial charge in [-0.25, -0.2) is 4.98 Å². The number of nitrogens with zero attached hydrogens (tertiary/aromatic N) is 3. The molecule has 0 bridgehead atoms. The van der Waals surface area contributed by atoms with Crippen LogP contribution in [-0.2, 0) is 31.0 Å². The zero-order valence-corrected chi connectivity index (χ0v) is 12.1. The van der Waals surface area contributed by atoms with E-state index in [1.54, 1.807) is 17.8 Å². The number of aromatic amines is 1. The average molecular weight is 326 g/mol. The Morgan fingerprint density at radius 1 is 1.39 bits per heavy atom. The van der Waals surface area contributed by atoms with Crippen molar-refractivity contribution < 1.29 is 17.9 Å². The standard InChI is InChI=1S/C14H13F3N4O2/c1-21-10(8-7-23-5-4-9(8)20-21)2-3-12-18-11(14(15,16)17)6-13(22)19-12/h2-3,6H,4-5,7H2,1H3,(H,18,19,22). The van der Waals surface area contributed by atoms with Gasteiger partial charge in [-0.15, -0.1) is 0 Å². The first-order valence-electron chi connectivity index (χ1n) is 6.84. The maximum atomic E-state index is 12.7. The third-order valence-corrected chi connectivity index (χ3v) is 3.46. The van der Waals surface area contributed by atoms with Crippen LogP contribution in [0.25, 0.3) is 12.2 Å². The van der Waals surface area contributed by atoms with Gasteiger partial charge in [0.1, 0.15) is 5.82 Å². The highest BCUT2D eigenvalue weighted by Crippen LogP contribution is 2.26. The molecule has 0 saturated heterocycles. The normalized spacial score (nSPS) is 15.1. The summed E-state index contributed by atoms with van der Waals surface area (Å²) in [7, 11) is 1.74. The molecular weight excluding hydrogens is 313 g/mol. The Bertz CT molecular complexity index is 820. The van der Waals surface area contributed by atoms with Gasteiger partial charge in [0.2, 0.25) is 0 Å². The number of aryl methyl sites for hydroxylation is 1. The molecule has 9 heteroatoms. The quantitative estimate of drug-likeness (QED) is 0.913. The molecule has 0 unspecified atom stereocenters. The smallest absolute Gasteiger partial charge is 0.376 e. The van der Waals surface area contributed by atoms with Crippen molar-refractivity contribution in [1.29, 1.82) is 0 Å². The van der Waals surface area contributed by atoms with Crippen LogP contribution in [-0.4, -0.2) is 26.4 Å². The zero-order chi connectivity index (χ0) is 16.6. The lowest BCUT2D eigenvalue weighted by molar-refractivity contribution is -0.141. The second kappa shape index (κ2) is 5.65. The molecule has 1 aliphatic rings. The van der Waals surface area contributed by atoms with Gasteiger partial charge in [-0.3, -0.25) is 9.48 Å². The van der Waals surface area contributed by atoms with Gasteiger partial charge in [-0.2, -0.15) is 18.3 Å². The van der Waals surface area contributed by atoms with Crippen LogP contribution in [0.15, 0.2) is 10.9 Å². The molecule has 1 N–H and O–H groups in total. The van der Waals surface area contributed by atoms with Crippen molar-refractivity contribution in [2.75, 3.05) is 6.61 Å². The van der Waals surface area contributed by atoms with Crippen molar-refractivity contribution in [3.63, 3.8) is 0 Å². The summed E-state index contributed by atoms with van der Waals surface area (Å²) in [6, 6.07) is 0.428. The van der Waals surface area contributed by atoms with Crippen molar-refractivity contribution in [2.45, 2.75) is 19.2 Å². The van der Waals surface area contributed by atoms with Gasteiger partial charge in [0.25, 0.3) is 5.56 Å². The van der Waals surface area contributed by atoms with E-state index >= 15 is 0 Å². The predicted octanol–water partition coefficient (Wildman–Crippen LogP) is 1.77. The summed E-state index contributed by atoms with van der Waals surface area (Å²) in [5.41, 5.74) is 0.423. The van der Waals surface area contributed by atoms with E-state index in [9.17, 15) is 18.0 Å². The first-order chi connectivity index (χ1) is 10.8. The molecule has 1 aliphatic heterocycles. The molecule has 3 rings (SSSR count). The highest BCUT2D eigenvalue weighted by molar-refractivity contribution is 5.67. The fourth-order valence-electron chi connectivity index (χ4n) is 2.41. The minimum atomic E-state index is -4.67. The lowest BCUT2D eigenvalue weighted by Gasteiger charge is -2.10. The number of H-pyrrole nitrogens is 1. The van der Waals surface area contributed by atoms with E-state index in [1.807, 2.05) is 0 Å². The molecule has 2 aromatic heterocycles. The molecule has 0 spiro atoms. The van der Waals surface area contributed by atoms with Crippen LogP contribution in [0, 0.1) is 0 Å². The van der Waals surface area contributed by atoms with Crippen LogP contribution in [0.4, 0.5) is 13.2 Å². The van der Waals surface area contributed by atoms with Gasteiger partial charge >= 0.3 is 6.18 Å². The first-order valence-corrected chi connectivity index (χ1v) is 6.84. The van der Waals surface area contributed by atoms with Gasteiger partial charge in [-0.05, 0) is 12.2 Å². The Morgan fingerprint density at radius 3 is 2.91 bits per heavy atom. The minimum Gasteiger partial charge on any atom is -0.376 e. The van der Waals surface area contributed by atoms with E-state index in [4.69, 9.17) is 4.74 Å². The van der Waals surface area contributed by atoms with Crippen LogP contribution in [0.3, 0.4) is 0 Å². The molecular formula is C14H13F3N4O2. The van der Waals surface area contributed by atoms with Gasteiger partial charge in [0, 0.05) is 25.1 Å². The van der Waals surface area contributed by atoms with Crippen LogP contribution in [0.1, 0.15) is 28.5 Å². The lowest BCUT2D eigenvalue weighted by atomic mass is 10.1. The summed E-state index contributed by atoms with van der Waals surface area (Å²) >= 11 is 0. The van der Waals surface area contributed by atoms with E-state index in [0.29, 0.717) is 31.4 Å². The topological polar surface area (TPSA) is 72.8 Å². The molecule has 0 aliphatic carbocycles. The van der Waals surface area contributed by atoms with E-state index in [0.717, 1.165) is 11.3 Å². The van der Waals surface area contributed by atoms with E-state index < -0.39 is 17.4 Å². The Kier molecular flexibility index (Phi) is 3.80. The fourth-order valence-corrected chi connectivity index (χ4v) is 2.41. The molecule has 2 aromatic rings. The van der Waals surface area contributed by atoms with Gasteiger partial charge in [0.05, 0.1) is 24.6 Å². The monoisotopic (exact) mass is 326 g/mol. The molecule has 0 aromatic carbocycles. The second-order valence-electron chi connectivity index (χ2n) is 5.08. The Balaban J connectivity index is 1.97. The number of alkyl halides is 3. The first kappa shape index (κ1) is 15.5. The molecule has 0 amide bonds. The van der Waals surface area contributed by atoms with Crippen molar-refractivity contribution >= 4 is 12.2 Å². The third-order valence-electron chi connectivity index (χ3n) is 3.46. The molecule has 23 heavy (non-hydrogen) atoms. The van der Waals surface area contributed by atoms with Crippen LogP contribution in [0.2, 0.25) is 0 Å². The molecule has 0 fully saturated rings. The van der Waals surface area contributed by atoms with Crippen molar-refractivity contribution in [3.05, 3.63) is 44.9 Å². The van der Waals surface area contributed by atoms with Crippen molar-refractivity contribution in [1.82, 2.24) is 19.7 Å². The molecule has 0 radical (unpaired) electrons. The fraction of sp³-hybridized carbons (Fsp3) is 0.357. The number of aromatic nitrogens is 4. The number of ether oxygens (including phenoxy) is 1. The number of fused-ring (bicyclic) bond motifs is 1. The molecule has 0 saturated carbocycles. The van der Waals surface area contributed by atoms with E-state index in [-0.39, 0.29) is 5.82 Å². The third kappa shape index (κ3) is 3.19. The van der Waals surface area contributed by atoms with Crippen molar-refractivity contribution in [3.8, 4) is 0 Å². The predicted molar refractivity (Wildman–Crippen MR) is 75.4 cm³/mol. The highest BCUT2D eigenvalue weighted by Gasteiger charge is 2.33. The molecule has 122 valence electrons. The van der Waals surface area contributed by atoms with Gasteiger partial charge < -0.3 is 9.72 Å². The van der Waals surface area contributed by atoms with Gasteiger partial charge in [-0.1, -0.05) is 0 Å². The summed E-state index contributed by atoms with van der Waals surface area (Å²) in [5, 5.41) is 4.35. The minimum absolute atomic E-state index is 0.170. The lowest BCUT2D eigenvalue weighted by Crippen LogP contribution is -2.17. The Morgan fingerprint density at radius 2 is 2.17 bits per heavy atom. The summed E-state index contributed by atoms with van der Waals surface area (Å²) < 4.78 is 45.0. The zero-order valence-electron chi connectivity index (χ0n) is 12.1. The highest BCUT2D eigenvalue weighted by atomic mass is 19.4. The van der Waals surface area contributed by atoms with Crippen molar-refractivity contribution in [2.24, 2.45) is 7.05 Å². The molecule has 3 heterocycles. The summed E-state index contributed by atoms with van der Waals surface area (Å²) in [5.74, 6) is -0.170. The number of hydrogen-bond donors (Lipinski definition) is 1. The van der Waals surface area contributed by atoms with E-state index in [1.165, 1.54) is 6.08 Å². The average Bonchev–Trinajstić information content (AvgIpc) is 2.79. The SMILES string of the molecule is Cn1nc2c(c1C=Cc1nc(C(F)(F)F)cc(=O)[nH]1)COCC2. The maximum absolute atomic E-state index is 12.7. The summed E-state index contributed by atoms with van der Waals surface area (Å²) in [6.07, 6.45) is -1.09. The molecule has 0 atom stereocenters. The Labute approximate surface area is 128 Å². The maximum Gasteiger partial charge on any atom is 0.433 e. The summed E-state index contributed by atoms with van der Waals surface area (Å²) in [4.78, 5) is 17.0. The molecule has 6 nitrogen and oxygen atoms in total. The number of halogens is 3. The second-order valence-corrected chi connectivity index (χ2v) is 5.08. The number of hydrogen-bond acceptors (Lipinski definition) is 4. The number of nitrogens with one attached hydrogen (secondary N) is 1.